The van der Waals surface area contributed by atoms with Crippen LogP contribution in [0.2, 0.25) is 0 Å². The van der Waals surface area contributed by atoms with Crippen molar-refractivity contribution in [1.82, 2.24) is 10.6 Å². The predicted molar refractivity (Wildman–Crippen MR) is 52.8 cm³/mol. The van der Waals surface area contributed by atoms with E-state index in [1.54, 1.807) is 0 Å². The van der Waals surface area contributed by atoms with Gasteiger partial charge in [-0.05, 0) is 13.5 Å². The quantitative estimate of drug-likeness (QED) is 0.578. The molecular weight excluding hydrogens is 184 g/mol. The number of carbonyl (C=O) groups is 2. The highest BCUT2D eigenvalue weighted by Crippen LogP contribution is 1.89. The van der Waals surface area contributed by atoms with E-state index < -0.39 is 5.97 Å². The van der Waals surface area contributed by atoms with E-state index in [4.69, 9.17) is 0 Å². The van der Waals surface area contributed by atoms with Crippen LogP contribution in [0.3, 0.4) is 0 Å². The molecule has 0 saturated heterocycles. The van der Waals surface area contributed by atoms with Crippen molar-refractivity contribution in [2.24, 2.45) is 0 Å². The molecule has 0 radical (unpaired) electrons. The Labute approximate surface area is 84.2 Å². The minimum Gasteiger partial charge on any atom is -0.468 e. The highest BCUT2D eigenvalue weighted by atomic mass is 16.5. The molecule has 1 amide bonds. The Morgan fingerprint density at radius 3 is 2.57 bits per heavy atom. The Balaban J connectivity index is 3.59. The zero-order chi connectivity index (χ0) is 11.0. The molecule has 14 heavy (non-hydrogen) atoms. The second-order valence-corrected chi connectivity index (χ2v) is 3.02. The summed E-state index contributed by atoms with van der Waals surface area (Å²) in [5.74, 6) is -0.585. The second kappa shape index (κ2) is 7.32. The third-order valence-corrected chi connectivity index (χ3v) is 1.70. The molecular formula is C9H18N2O3. The smallest absolute Gasteiger partial charge is 0.325 e. The van der Waals surface area contributed by atoms with Gasteiger partial charge in [0.15, 0.2) is 0 Å². The lowest BCUT2D eigenvalue weighted by Crippen LogP contribution is -2.36. The highest BCUT2D eigenvalue weighted by Gasteiger charge is 2.08. The van der Waals surface area contributed by atoms with Gasteiger partial charge in [0.05, 0.1) is 7.11 Å². The van der Waals surface area contributed by atoms with Crippen molar-refractivity contribution in [2.45, 2.75) is 26.3 Å². The van der Waals surface area contributed by atoms with Gasteiger partial charge < -0.3 is 15.4 Å². The number of hydrogen-bond donors (Lipinski definition) is 2. The molecule has 0 aromatic heterocycles. The molecule has 0 aromatic carbocycles. The van der Waals surface area contributed by atoms with Crippen LogP contribution in [0.15, 0.2) is 0 Å². The lowest BCUT2D eigenvalue weighted by atomic mass is 10.2. The van der Waals surface area contributed by atoms with Crippen LogP contribution >= 0.6 is 0 Å². The third-order valence-electron chi connectivity index (χ3n) is 1.70. The van der Waals surface area contributed by atoms with Gasteiger partial charge in [0.1, 0.15) is 6.54 Å². The first-order chi connectivity index (χ1) is 6.60. The molecule has 0 aliphatic heterocycles. The third kappa shape index (κ3) is 6.42. The van der Waals surface area contributed by atoms with E-state index in [9.17, 15) is 9.59 Å². The molecule has 0 saturated carbocycles. The SMILES string of the molecule is CCNC(C)CC(=O)NCC(=O)OC. The van der Waals surface area contributed by atoms with Crippen LogP contribution in [0, 0.1) is 0 Å². The summed E-state index contributed by atoms with van der Waals surface area (Å²) in [5, 5.41) is 5.57. The van der Waals surface area contributed by atoms with Crippen LogP contribution in [0.5, 0.6) is 0 Å². The lowest BCUT2D eigenvalue weighted by Gasteiger charge is -2.11. The van der Waals surface area contributed by atoms with Crippen LogP contribution in [-0.4, -0.2) is 38.1 Å². The van der Waals surface area contributed by atoms with Gasteiger partial charge in [-0.15, -0.1) is 0 Å². The number of rotatable bonds is 6. The molecule has 82 valence electrons. The first kappa shape index (κ1) is 12.9. The molecule has 0 fully saturated rings. The molecule has 0 aliphatic carbocycles. The van der Waals surface area contributed by atoms with Gasteiger partial charge in [0.2, 0.25) is 5.91 Å². The molecule has 0 aliphatic rings. The number of methoxy groups -OCH3 is 1. The summed E-state index contributed by atoms with van der Waals surface area (Å²) in [6, 6.07) is 0.123. The van der Waals surface area contributed by atoms with Gasteiger partial charge in [-0.3, -0.25) is 9.59 Å². The molecule has 1 unspecified atom stereocenters. The van der Waals surface area contributed by atoms with Crippen molar-refractivity contribution in [2.75, 3.05) is 20.2 Å². The van der Waals surface area contributed by atoms with E-state index in [1.807, 2.05) is 13.8 Å². The second-order valence-electron chi connectivity index (χ2n) is 3.02. The van der Waals surface area contributed by atoms with E-state index >= 15 is 0 Å². The molecule has 5 heteroatoms. The molecule has 0 aromatic rings. The maximum Gasteiger partial charge on any atom is 0.325 e. The van der Waals surface area contributed by atoms with Crippen LogP contribution in [0.1, 0.15) is 20.3 Å². The summed E-state index contributed by atoms with van der Waals surface area (Å²) in [4.78, 5) is 21.9. The van der Waals surface area contributed by atoms with Crippen molar-refractivity contribution >= 4 is 11.9 Å². The standard InChI is InChI=1S/C9H18N2O3/c1-4-10-7(2)5-8(12)11-6-9(13)14-3/h7,10H,4-6H2,1-3H3,(H,11,12). The monoisotopic (exact) mass is 202 g/mol. The predicted octanol–water partition coefficient (Wildman–Crippen LogP) is -0.336. The number of ether oxygens (including phenoxy) is 1. The Kier molecular flexibility index (Phi) is 6.74. The molecule has 5 nitrogen and oxygen atoms in total. The topological polar surface area (TPSA) is 67.4 Å². The Morgan fingerprint density at radius 1 is 1.43 bits per heavy atom. The summed E-state index contributed by atoms with van der Waals surface area (Å²) in [7, 11) is 1.29. The van der Waals surface area contributed by atoms with Crippen molar-refractivity contribution < 1.29 is 14.3 Å². The minimum absolute atomic E-state index is 0.0613. The average Bonchev–Trinajstić information content (AvgIpc) is 2.14. The average molecular weight is 202 g/mol. The first-order valence-corrected chi connectivity index (χ1v) is 4.67. The zero-order valence-electron chi connectivity index (χ0n) is 8.92. The van der Waals surface area contributed by atoms with Gasteiger partial charge >= 0.3 is 5.97 Å². The molecule has 2 N–H and O–H groups in total. The van der Waals surface area contributed by atoms with Gasteiger partial charge in [0.25, 0.3) is 0 Å². The fraction of sp³-hybridized carbons (Fsp3) is 0.778. The summed E-state index contributed by atoms with van der Waals surface area (Å²) >= 11 is 0. The Bertz CT molecular complexity index is 194. The van der Waals surface area contributed by atoms with Crippen LogP contribution in [-0.2, 0) is 14.3 Å². The summed E-state index contributed by atoms with van der Waals surface area (Å²) in [6.07, 6.45) is 0.366. The van der Waals surface area contributed by atoms with Crippen LogP contribution in [0.25, 0.3) is 0 Å². The fourth-order valence-electron chi connectivity index (χ4n) is 1.01. The largest absolute Gasteiger partial charge is 0.468 e. The molecule has 1 atom stereocenters. The van der Waals surface area contributed by atoms with Gasteiger partial charge in [-0.1, -0.05) is 6.92 Å². The molecule has 0 rings (SSSR count). The zero-order valence-corrected chi connectivity index (χ0v) is 8.92. The molecule has 0 bridgehead atoms. The van der Waals surface area contributed by atoms with E-state index in [-0.39, 0.29) is 18.5 Å². The lowest BCUT2D eigenvalue weighted by molar-refractivity contribution is -0.141. The van der Waals surface area contributed by atoms with E-state index in [0.717, 1.165) is 6.54 Å². The minimum atomic E-state index is -0.436. The van der Waals surface area contributed by atoms with Gasteiger partial charge in [-0.25, -0.2) is 0 Å². The van der Waals surface area contributed by atoms with Crippen LogP contribution < -0.4 is 10.6 Å². The number of amides is 1. The summed E-state index contributed by atoms with van der Waals surface area (Å²) in [6.45, 7) is 4.66. The van der Waals surface area contributed by atoms with Gasteiger partial charge in [-0.2, -0.15) is 0 Å². The first-order valence-electron chi connectivity index (χ1n) is 4.67. The highest BCUT2D eigenvalue weighted by molar-refractivity contribution is 5.82. The van der Waals surface area contributed by atoms with Crippen LogP contribution in [0.4, 0.5) is 0 Å². The Morgan fingerprint density at radius 2 is 2.07 bits per heavy atom. The van der Waals surface area contributed by atoms with Crippen molar-refractivity contribution in [3.05, 3.63) is 0 Å². The molecule has 0 heterocycles. The summed E-state index contributed by atoms with van der Waals surface area (Å²) < 4.78 is 4.38. The number of carbonyl (C=O) groups excluding carboxylic acids is 2. The van der Waals surface area contributed by atoms with E-state index in [1.165, 1.54) is 7.11 Å². The fourth-order valence-corrected chi connectivity index (χ4v) is 1.01. The number of hydrogen-bond acceptors (Lipinski definition) is 4. The van der Waals surface area contributed by atoms with Crippen molar-refractivity contribution in [1.29, 1.82) is 0 Å². The summed E-state index contributed by atoms with van der Waals surface area (Å²) in [5.41, 5.74) is 0. The van der Waals surface area contributed by atoms with Crippen molar-refractivity contribution in [3.8, 4) is 0 Å². The van der Waals surface area contributed by atoms with E-state index in [0.29, 0.717) is 6.42 Å². The number of esters is 1. The maximum atomic E-state index is 11.2. The Hall–Kier alpha value is -1.10. The number of nitrogens with one attached hydrogen (secondary N) is 2. The maximum absolute atomic E-state index is 11.2. The van der Waals surface area contributed by atoms with Gasteiger partial charge in [0, 0.05) is 12.5 Å². The van der Waals surface area contributed by atoms with Crippen molar-refractivity contribution in [3.63, 3.8) is 0 Å². The van der Waals surface area contributed by atoms with E-state index in [2.05, 4.69) is 15.4 Å². The normalized spacial score (nSPS) is 11.9. The molecule has 0 spiro atoms.